The normalized spacial score (nSPS) is 18.5. The van der Waals surface area contributed by atoms with E-state index in [-0.39, 0.29) is 16.7 Å². The number of pyridine rings is 1. The van der Waals surface area contributed by atoms with Gasteiger partial charge in [0.15, 0.2) is 0 Å². The van der Waals surface area contributed by atoms with E-state index in [1.807, 2.05) is 26.0 Å². The molecule has 1 aromatic carbocycles. The number of aromatic nitrogens is 1. The molecular weight excluding hydrogens is 392 g/mol. The maximum Gasteiger partial charge on any atom is 0.295 e. The number of nitrogens with zero attached hydrogens (tertiary/aromatic N) is 2. The molecule has 0 radical (unpaired) electrons. The van der Waals surface area contributed by atoms with Crippen LogP contribution in [0.5, 0.6) is 5.75 Å². The minimum atomic E-state index is -0.675. The number of ketones is 1. The third kappa shape index (κ3) is 4.33. The summed E-state index contributed by atoms with van der Waals surface area (Å²) in [5.74, 6) is -0.716. The Morgan fingerprint density at radius 2 is 1.94 bits per heavy atom. The molecule has 1 unspecified atom stereocenters. The number of rotatable bonds is 6. The van der Waals surface area contributed by atoms with Crippen LogP contribution in [0.2, 0.25) is 0 Å². The molecule has 2 heterocycles. The zero-order chi connectivity index (χ0) is 22.8. The summed E-state index contributed by atoms with van der Waals surface area (Å²) in [7, 11) is 0. The molecule has 1 amide bonds. The van der Waals surface area contributed by atoms with Crippen LogP contribution in [0.4, 0.5) is 0 Å². The van der Waals surface area contributed by atoms with E-state index >= 15 is 0 Å². The van der Waals surface area contributed by atoms with Gasteiger partial charge >= 0.3 is 0 Å². The number of hydrogen-bond acceptors (Lipinski definition) is 5. The summed E-state index contributed by atoms with van der Waals surface area (Å²) in [6.45, 7) is 11.0. The monoisotopic (exact) mass is 422 g/mol. The van der Waals surface area contributed by atoms with Gasteiger partial charge in [0.1, 0.15) is 11.5 Å². The van der Waals surface area contributed by atoms with Crippen molar-refractivity contribution < 1.29 is 19.4 Å². The third-order valence-electron chi connectivity index (χ3n) is 5.37. The number of aliphatic hydroxyl groups excluding tert-OH is 1. The number of aliphatic hydroxyl groups is 1. The van der Waals surface area contributed by atoms with Crippen molar-refractivity contribution in [2.24, 2.45) is 0 Å². The topological polar surface area (TPSA) is 79.7 Å². The Labute approximate surface area is 183 Å². The average Bonchev–Trinajstić information content (AvgIpc) is 2.99. The van der Waals surface area contributed by atoms with E-state index in [1.54, 1.807) is 30.6 Å². The van der Waals surface area contributed by atoms with Gasteiger partial charge in [0.25, 0.3) is 11.7 Å². The number of Topliss-reactive ketones (excluding diaryl/α,β-unsaturated/α-hetero) is 1. The first-order chi connectivity index (χ1) is 14.7. The maximum absolute atomic E-state index is 13.0. The van der Waals surface area contributed by atoms with Crippen molar-refractivity contribution >= 4 is 17.4 Å². The molecule has 1 saturated heterocycles. The number of carbonyl (C=O) groups is 2. The summed E-state index contributed by atoms with van der Waals surface area (Å²) in [6.07, 6.45) is 3.96. The zero-order valence-corrected chi connectivity index (χ0v) is 18.8. The van der Waals surface area contributed by atoms with E-state index in [1.165, 1.54) is 4.90 Å². The van der Waals surface area contributed by atoms with Gasteiger partial charge in [0.2, 0.25) is 0 Å². The molecule has 31 heavy (non-hydrogen) atoms. The van der Waals surface area contributed by atoms with Gasteiger partial charge in [-0.2, -0.15) is 0 Å². The molecule has 0 spiro atoms. The van der Waals surface area contributed by atoms with Crippen LogP contribution < -0.4 is 4.74 Å². The van der Waals surface area contributed by atoms with E-state index in [0.29, 0.717) is 30.7 Å². The lowest BCUT2D eigenvalue weighted by Crippen LogP contribution is -2.30. The second-order valence-corrected chi connectivity index (χ2v) is 8.67. The van der Waals surface area contributed by atoms with Crippen LogP contribution in [0.3, 0.4) is 0 Å². The molecule has 1 aromatic heterocycles. The molecule has 6 nitrogen and oxygen atoms in total. The Morgan fingerprint density at radius 1 is 1.19 bits per heavy atom. The highest BCUT2D eigenvalue weighted by Crippen LogP contribution is 2.40. The van der Waals surface area contributed by atoms with Gasteiger partial charge in [-0.15, -0.1) is 0 Å². The Balaban J connectivity index is 2.20. The number of carbonyl (C=O) groups excluding carboxylic acids is 2. The molecule has 1 fully saturated rings. The van der Waals surface area contributed by atoms with E-state index in [2.05, 4.69) is 25.8 Å². The third-order valence-corrected chi connectivity index (χ3v) is 5.37. The van der Waals surface area contributed by atoms with E-state index in [9.17, 15) is 14.7 Å². The van der Waals surface area contributed by atoms with E-state index in [4.69, 9.17) is 4.74 Å². The summed E-state index contributed by atoms with van der Waals surface area (Å²) < 4.78 is 5.77. The minimum Gasteiger partial charge on any atom is -0.507 e. The van der Waals surface area contributed by atoms with Crippen LogP contribution in [0, 0.1) is 0 Å². The van der Waals surface area contributed by atoms with Crippen molar-refractivity contribution in [2.45, 2.75) is 52.5 Å². The molecule has 164 valence electrons. The van der Waals surface area contributed by atoms with Gasteiger partial charge in [0.05, 0.1) is 18.2 Å². The second-order valence-electron chi connectivity index (χ2n) is 8.67. The highest BCUT2D eigenvalue weighted by Gasteiger charge is 2.45. The summed E-state index contributed by atoms with van der Waals surface area (Å²) in [6, 6.07) is 8.28. The number of ether oxygens (including phenoxy) is 1. The fourth-order valence-corrected chi connectivity index (χ4v) is 3.94. The first-order valence-corrected chi connectivity index (χ1v) is 10.7. The smallest absolute Gasteiger partial charge is 0.295 e. The summed E-state index contributed by atoms with van der Waals surface area (Å²) in [5.41, 5.74) is 1.95. The second kappa shape index (κ2) is 8.92. The molecule has 3 rings (SSSR count). The SMILES string of the molecule is CCCN1C(=O)C(=O)/C(=C(\O)c2ccc(OCC)c(C(C)(C)C)c2)C1c1cccnc1. The Bertz CT molecular complexity index is 1010. The molecule has 2 aromatic rings. The van der Waals surface area contributed by atoms with Crippen LogP contribution in [0.1, 0.15) is 63.8 Å². The Kier molecular flexibility index (Phi) is 6.48. The summed E-state index contributed by atoms with van der Waals surface area (Å²) in [5, 5.41) is 11.3. The van der Waals surface area contributed by atoms with Crippen molar-refractivity contribution in [3.8, 4) is 5.75 Å². The number of amides is 1. The molecule has 0 aliphatic carbocycles. The van der Waals surface area contributed by atoms with Crippen molar-refractivity contribution in [1.29, 1.82) is 0 Å². The van der Waals surface area contributed by atoms with Crippen molar-refractivity contribution in [3.63, 3.8) is 0 Å². The summed E-state index contributed by atoms with van der Waals surface area (Å²) in [4.78, 5) is 31.4. The summed E-state index contributed by atoms with van der Waals surface area (Å²) >= 11 is 0. The van der Waals surface area contributed by atoms with Crippen LogP contribution in [0.25, 0.3) is 5.76 Å². The lowest BCUT2D eigenvalue weighted by Gasteiger charge is -2.25. The molecule has 0 bridgehead atoms. The Morgan fingerprint density at radius 3 is 2.52 bits per heavy atom. The fraction of sp³-hybridized carbons (Fsp3) is 0.400. The van der Waals surface area contributed by atoms with Gasteiger partial charge in [0, 0.05) is 30.1 Å². The predicted octanol–water partition coefficient (Wildman–Crippen LogP) is 4.61. The highest BCUT2D eigenvalue weighted by atomic mass is 16.5. The van der Waals surface area contributed by atoms with Crippen LogP contribution in [-0.4, -0.2) is 39.8 Å². The lowest BCUT2D eigenvalue weighted by atomic mass is 9.84. The maximum atomic E-state index is 13.0. The van der Waals surface area contributed by atoms with Gasteiger partial charge in [-0.25, -0.2) is 0 Å². The van der Waals surface area contributed by atoms with Gasteiger partial charge in [-0.05, 0) is 48.6 Å². The van der Waals surface area contributed by atoms with E-state index < -0.39 is 17.7 Å². The molecule has 6 heteroatoms. The minimum absolute atomic E-state index is 0.0930. The number of hydrogen-bond donors (Lipinski definition) is 1. The number of benzene rings is 1. The molecule has 0 saturated carbocycles. The largest absolute Gasteiger partial charge is 0.507 e. The number of likely N-dealkylation sites (tertiary alicyclic amines) is 1. The zero-order valence-electron chi connectivity index (χ0n) is 18.8. The lowest BCUT2D eigenvalue weighted by molar-refractivity contribution is -0.139. The predicted molar refractivity (Wildman–Crippen MR) is 120 cm³/mol. The highest BCUT2D eigenvalue weighted by molar-refractivity contribution is 6.46. The molecular formula is C25H30N2O4. The quantitative estimate of drug-likeness (QED) is 0.418. The molecule has 1 aliphatic rings. The molecule has 1 N–H and O–H groups in total. The molecule has 1 atom stereocenters. The van der Waals surface area contributed by atoms with E-state index in [0.717, 1.165) is 11.3 Å². The van der Waals surface area contributed by atoms with Crippen LogP contribution in [-0.2, 0) is 15.0 Å². The fourth-order valence-electron chi connectivity index (χ4n) is 3.94. The van der Waals surface area contributed by atoms with Crippen molar-refractivity contribution in [1.82, 2.24) is 9.88 Å². The van der Waals surface area contributed by atoms with Crippen molar-refractivity contribution in [3.05, 3.63) is 65.0 Å². The van der Waals surface area contributed by atoms with Crippen LogP contribution in [0.15, 0.2) is 48.3 Å². The van der Waals surface area contributed by atoms with Gasteiger partial charge < -0.3 is 14.7 Å². The van der Waals surface area contributed by atoms with Gasteiger partial charge in [-0.1, -0.05) is 33.8 Å². The van der Waals surface area contributed by atoms with Gasteiger partial charge in [-0.3, -0.25) is 14.6 Å². The standard InChI is InChI=1S/C25H30N2O4/c1-6-13-27-21(17-9-8-12-26-15-17)20(23(29)24(27)30)22(28)16-10-11-19(31-7-2)18(14-16)25(3,4)5/h8-12,14-15,21,28H,6-7,13H2,1-5H3/b22-20-. The van der Waals surface area contributed by atoms with Crippen LogP contribution >= 0.6 is 0 Å². The first-order valence-electron chi connectivity index (χ1n) is 10.7. The Hall–Kier alpha value is -3.15. The molecule has 1 aliphatic heterocycles. The van der Waals surface area contributed by atoms with Crippen molar-refractivity contribution in [2.75, 3.05) is 13.2 Å². The first kappa shape index (κ1) is 22.5. The average molecular weight is 423 g/mol.